The van der Waals surface area contributed by atoms with Crippen LogP contribution in [0.3, 0.4) is 0 Å². The van der Waals surface area contributed by atoms with E-state index in [-0.39, 0.29) is 6.04 Å². The number of nitrogens with two attached hydrogens (primary N) is 1. The van der Waals surface area contributed by atoms with Crippen LogP contribution in [0, 0.1) is 20.8 Å². The van der Waals surface area contributed by atoms with Crippen LogP contribution >= 0.6 is 22.9 Å². The number of nitrogens with zero attached hydrogens (tertiary/aromatic N) is 4. The van der Waals surface area contributed by atoms with E-state index in [0.717, 1.165) is 33.5 Å². The minimum absolute atomic E-state index is 0.242. The molecule has 27 heavy (non-hydrogen) atoms. The van der Waals surface area contributed by atoms with Crippen LogP contribution in [-0.4, -0.2) is 20.5 Å². The first-order chi connectivity index (χ1) is 12.9. The number of hydrogen-bond donors (Lipinski definition) is 1. The number of aliphatic imine (C=N–C) groups is 1. The SMILES string of the molecule is C=C(N)C[C@@H]1N=C(c2ccc(Cl)cc2)c2c(sc(C)c2C)-n2c(C)nnc21. The summed E-state index contributed by atoms with van der Waals surface area (Å²) in [6, 6.07) is 7.55. The van der Waals surface area contributed by atoms with E-state index in [1.54, 1.807) is 11.3 Å². The molecule has 5 nitrogen and oxygen atoms in total. The molecular weight excluding hydrogens is 378 g/mol. The van der Waals surface area contributed by atoms with E-state index in [1.807, 2.05) is 31.2 Å². The van der Waals surface area contributed by atoms with Gasteiger partial charge in [-0.1, -0.05) is 30.3 Å². The van der Waals surface area contributed by atoms with Gasteiger partial charge in [-0.05, 0) is 38.5 Å². The number of aromatic nitrogens is 3. The van der Waals surface area contributed by atoms with Crippen molar-refractivity contribution in [3.05, 3.63) is 74.8 Å². The van der Waals surface area contributed by atoms with Gasteiger partial charge in [0.25, 0.3) is 0 Å². The van der Waals surface area contributed by atoms with E-state index in [1.165, 1.54) is 10.4 Å². The monoisotopic (exact) mass is 397 g/mol. The molecule has 0 unspecified atom stereocenters. The van der Waals surface area contributed by atoms with Crippen LogP contribution < -0.4 is 5.73 Å². The maximum absolute atomic E-state index is 6.10. The second kappa shape index (κ2) is 6.62. The molecule has 1 aliphatic heterocycles. The lowest BCUT2D eigenvalue weighted by atomic mass is 9.99. The molecule has 0 amide bonds. The number of rotatable bonds is 3. The van der Waals surface area contributed by atoms with Crippen molar-refractivity contribution < 1.29 is 0 Å². The highest BCUT2D eigenvalue weighted by atomic mass is 35.5. The van der Waals surface area contributed by atoms with Gasteiger partial charge in [-0.3, -0.25) is 9.56 Å². The number of thiophene rings is 1. The summed E-state index contributed by atoms with van der Waals surface area (Å²) < 4.78 is 2.11. The summed E-state index contributed by atoms with van der Waals surface area (Å²) in [4.78, 5) is 6.35. The quantitative estimate of drug-likeness (QED) is 0.698. The van der Waals surface area contributed by atoms with Crippen molar-refractivity contribution >= 4 is 28.6 Å². The Bertz CT molecular complexity index is 1070. The Hall–Kier alpha value is -2.44. The molecule has 1 atom stereocenters. The smallest absolute Gasteiger partial charge is 0.163 e. The molecule has 2 aromatic heterocycles. The van der Waals surface area contributed by atoms with E-state index in [4.69, 9.17) is 22.3 Å². The van der Waals surface area contributed by atoms with E-state index in [2.05, 4.69) is 35.2 Å². The normalized spacial score (nSPS) is 15.7. The van der Waals surface area contributed by atoms with Gasteiger partial charge < -0.3 is 5.73 Å². The van der Waals surface area contributed by atoms with Gasteiger partial charge in [0, 0.05) is 33.1 Å². The molecular formula is C20H20ClN5S. The van der Waals surface area contributed by atoms with Gasteiger partial charge in [-0.25, -0.2) is 0 Å². The summed E-state index contributed by atoms with van der Waals surface area (Å²) in [5, 5.41) is 10.5. The number of aryl methyl sites for hydroxylation is 2. The zero-order valence-corrected chi connectivity index (χ0v) is 17.0. The minimum atomic E-state index is -0.242. The van der Waals surface area contributed by atoms with E-state index in [9.17, 15) is 0 Å². The predicted molar refractivity (Wildman–Crippen MR) is 111 cm³/mol. The second-order valence-electron chi connectivity index (χ2n) is 6.77. The Balaban J connectivity index is 2.04. The lowest BCUT2D eigenvalue weighted by Gasteiger charge is -2.12. The highest BCUT2D eigenvalue weighted by Crippen LogP contribution is 2.39. The maximum atomic E-state index is 6.10. The molecule has 0 radical (unpaired) electrons. The molecule has 3 heterocycles. The van der Waals surface area contributed by atoms with Gasteiger partial charge in [-0.2, -0.15) is 0 Å². The highest BCUT2D eigenvalue weighted by molar-refractivity contribution is 7.15. The molecule has 0 aliphatic carbocycles. The number of fused-ring (bicyclic) bond motifs is 3. The molecule has 0 saturated carbocycles. The Morgan fingerprint density at radius 2 is 1.93 bits per heavy atom. The van der Waals surface area contributed by atoms with Crippen LogP contribution in [0.15, 0.2) is 41.5 Å². The molecule has 0 fully saturated rings. The summed E-state index contributed by atoms with van der Waals surface area (Å²) in [5.74, 6) is 1.64. The van der Waals surface area contributed by atoms with E-state index < -0.39 is 0 Å². The van der Waals surface area contributed by atoms with Crippen molar-refractivity contribution in [3.8, 4) is 5.00 Å². The third-order valence-electron chi connectivity index (χ3n) is 4.81. The molecule has 0 spiro atoms. The van der Waals surface area contributed by atoms with Crippen LogP contribution in [0.1, 0.15) is 45.7 Å². The summed E-state index contributed by atoms with van der Waals surface area (Å²) >= 11 is 7.84. The summed E-state index contributed by atoms with van der Waals surface area (Å²) in [6.45, 7) is 10.1. The van der Waals surface area contributed by atoms with E-state index >= 15 is 0 Å². The molecule has 0 saturated heterocycles. The predicted octanol–water partition coefficient (Wildman–Crippen LogP) is 4.66. The minimum Gasteiger partial charge on any atom is -0.402 e. The maximum Gasteiger partial charge on any atom is 0.163 e. The number of benzene rings is 1. The average molecular weight is 398 g/mol. The molecule has 138 valence electrons. The first-order valence-corrected chi connectivity index (χ1v) is 9.86. The van der Waals surface area contributed by atoms with Crippen LogP contribution in [-0.2, 0) is 0 Å². The van der Waals surface area contributed by atoms with Crippen molar-refractivity contribution in [2.24, 2.45) is 10.7 Å². The molecule has 0 bridgehead atoms. The Morgan fingerprint density at radius 1 is 1.22 bits per heavy atom. The fourth-order valence-corrected chi connectivity index (χ4v) is 4.72. The van der Waals surface area contributed by atoms with E-state index in [0.29, 0.717) is 17.1 Å². The first kappa shape index (κ1) is 17.9. The van der Waals surface area contributed by atoms with Gasteiger partial charge in [0.05, 0.1) is 5.71 Å². The summed E-state index contributed by atoms with van der Waals surface area (Å²) in [7, 11) is 0. The topological polar surface area (TPSA) is 69.1 Å². The van der Waals surface area contributed by atoms with Crippen LogP contribution in [0.4, 0.5) is 0 Å². The van der Waals surface area contributed by atoms with Crippen LogP contribution in [0.25, 0.3) is 5.00 Å². The molecule has 3 aromatic rings. The zero-order chi connectivity index (χ0) is 19.3. The molecule has 7 heteroatoms. The lowest BCUT2D eigenvalue weighted by Crippen LogP contribution is -2.09. The molecule has 1 aliphatic rings. The number of halogens is 1. The van der Waals surface area contributed by atoms with Gasteiger partial charge in [0.15, 0.2) is 5.82 Å². The number of hydrogen-bond acceptors (Lipinski definition) is 5. The van der Waals surface area contributed by atoms with Gasteiger partial charge >= 0.3 is 0 Å². The molecule has 4 rings (SSSR count). The Labute approximate surface area is 167 Å². The van der Waals surface area contributed by atoms with Crippen molar-refractivity contribution in [2.45, 2.75) is 33.2 Å². The third kappa shape index (κ3) is 2.99. The third-order valence-corrected chi connectivity index (χ3v) is 6.26. The molecule has 1 aromatic carbocycles. The zero-order valence-electron chi connectivity index (χ0n) is 15.5. The first-order valence-electron chi connectivity index (χ1n) is 8.66. The Morgan fingerprint density at radius 3 is 2.59 bits per heavy atom. The molecule has 2 N–H and O–H groups in total. The van der Waals surface area contributed by atoms with Crippen molar-refractivity contribution in [3.63, 3.8) is 0 Å². The van der Waals surface area contributed by atoms with Gasteiger partial charge in [0.1, 0.15) is 16.9 Å². The fourth-order valence-electron chi connectivity index (χ4n) is 3.38. The standard InChI is InChI=1S/C20H20ClN5S/c1-10(22)9-16-19-25-24-13(4)26(19)20-17(11(2)12(3)27-20)18(23-16)14-5-7-15(21)8-6-14/h5-8,16H,1,9,22H2,2-4H3/t16-/m0/s1. The van der Waals surface area contributed by atoms with Gasteiger partial charge in [0.2, 0.25) is 0 Å². The lowest BCUT2D eigenvalue weighted by molar-refractivity contribution is 0.651. The van der Waals surface area contributed by atoms with Crippen LogP contribution in [0.2, 0.25) is 5.02 Å². The average Bonchev–Trinajstić information content (AvgIpc) is 3.08. The van der Waals surface area contributed by atoms with Gasteiger partial charge in [-0.15, -0.1) is 21.5 Å². The second-order valence-corrected chi connectivity index (χ2v) is 8.41. The van der Waals surface area contributed by atoms with Crippen molar-refractivity contribution in [2.75, 3.05) is 0 Å². The highest BCUT2D eigenvalue weighted by Gasteiger charge is 2.31. The van der Waals surface area contributed by atoms with Crippen molar-refractivity contribution in [1.82, 2.24) is 14.8 Å². The summed E-state index contributed by atoms with van der Waals surface area (Å²) in [5.41, 5.74) is 10.8. The van der Waals surface area contributed by atoms with Crippen molar-refractivity contribution in [1.29, 1.82) is 0 Å². The fraction of sp³-hybridized carbons (Fsp3) is 0.250. The van der Waals surface area contributed by atoms with Crippen LogP contribution in [0.5, 0.6) is 0 Å². The summed E-state index contributed by atoms with van der Waals surface area (Å²) in [6.07, 6.45) is 0.516. The Kier molecular flexibility index (Phi) is 4.40. The largest absolute Gasteiger partial charge is 0.402 e.